The largest absolute Gasteiger partial charge is 0.293 e. The number of Topliss-reactive ketones (excluding diaryl/α,β-unsaturated/α-hetero) is 2. The Hall–Kier alpha value is -2.13. The van der Waals surface area contributed by atoms with Gasteiger partial charge in [0.05, 0.1) is 79.3 Å². The summed E-state index contributed by atoms with van der Waals surface area (Å²) in [7, 11) is 0. The van der Waals surface area contributed by atoms with Gasteiger partial charge in [0.2, 0.25) is 0 Å². The lowest BCUT2D eigenvalue weighted by Crippen LogP contribution is -2.30. The Labute approximate surface area is 319 Å². The molecule has 0 spiro atoms. The van der Waals surface area contributed by atoms with Crippen LogP contribution in [0, 0.1) is 0 Å². The van der Waals surface area contributed by atoms with E-state index in [1.807, 2.05) is 55.4 Å². The van der Waals surface area contributed by atoms with E-state index in [1.165, 1.54) is 12.1 Å². The molecule has 0 N–H and O–H groups in total. The van der Waals surface area contributed by atoms with Gasteiger partial charge in [-0.3, -0.25) is 19.2 Å². The van der Waals surface area contributed by atoms with Crippen LogP contribution in [0.15, 0.2) is 30.3 Å². The summed E-state index contributed by atoms with van der Waals surface area (Å²) in [5, 5.41) is -1.05. The average molecular weight is 814 g/mol. The van der Waals surface area contributed by atoms with Gasteiger partial charge >= 0.3 is 0 Å². The van der Waals surface area contributed by atoms with Crippen molar-refractivity contribution in [2.45, 2.75) is 61.3 Å². The maximum atomic E-state index is 13.5. The number of halogens is 8. The van der Waals surface area contributed by atoms with Gasteiger partial charge in [0.15, 0.2) is 11.6 Å². The van der Waals surface area contributed by atoms with Crippen molar-refractivity contribution >= 4 is 133 Å². The summed E-state index contributed by atoms with van der Waals surface area (Å²) in [6.07, 6.45) is 0. The summed E-state index contributed by atoms with van der Waals surface area (Å²) in [5.74, 6) is -4.42. The Morgan fingerprint density at radius 1 is 0.500 bits per heavy atom. The third kappa shape index (κ3) is 6.80. The normalized spacial score (nSPS) is 13.0. The Morgan fingerprint density at radius 3 is 1.27 bits per heavy atom. The highest BCUT2D eigenvalue weighted by molar-refractivity contribution is 6.57. The number of aromatic nitrogens is 1. The van der Waals surface area contributed by atoms with Crippen molar-refractivity contribution in [3.63, 3.8) is 0 Å². The van der Waals surface area contributed by atoms with Crippen LogP contribution < -0.4 is 4.90 Å². The predicted octanol–water partition coefficient (Wildman–Crippen LogP) is 13.5. The van der Waals surface area contributed by atoms with Crippen molar-refractivity contribution in [2.75, 3.05) is 4.90 Å². The summed E-state index contributed by atoms with van der Waals surface area (Å²) in [6.45, 7) is 16.0. The minimum absolute atomic E-state index is 0.0179. The van der Waals surface area contributed by atoms with Gasteiger partial charge in [-0.25, -0.2) is 9.88 Å². The molecule has 2 heterocycles. The number of anilines is 1. The number of imide groups is 1. The van der Waals surface area contributed by atoms with Crippen molar-refractivity contribution < 1.29 is 19.2 Å². The number of carbonyl (C=O) groups excluding carboxylic acids is 4. The van der Waals surface area contributed by atoms with Crippen molar-refractivity contribution in [3.05, 3.63) is 98.5 Å². The standard InChI is InChI=1S/C26H6Cl8N2O4.4C2H6/c27-14-10-11(15(28)19(32)18(14)31)24(38)9(23(10)37)7-5-4-6-2-1-3-8(22(6)35-7)36-25(39)12-13(26(36)40)17(30)21(34)20(33)16(12)29;4*1-2/h1-5,9H;4*1-2H3. The number of nitrogens with zero attached hydrogens (tertiary/aromatic N) is 2. The minimum Gasteiger partial charge on any atom is -0.293 e. The van der Waals surface area contributed by atoms with E-state index in [2.05, 4.69) is 4.98 Å². The lowest BCUT2D eigenvalue weighted by molar-refractivity contribution is 0.0882. The van der Waals surface area contributed by atoms with Crippen LogP contribution >= 0.6 is 92.8 Å². The van der Waals surface area contributed by atoms with E-state index in [4.69, 9.17) is 92.8 Å². The Bertz CT molecular complexity index is 1850. The number of rotatable bonds is 2. The number of pyridine rings is 1. The van der Waals surface area contributed by atoms with Crippen LogP contribution in [0.25, 0.3) is 10.9 Å². The van der Waals surface area contributed by atoms with Crippen molar-refractivity contribution in [3.8, 4) is 0 Å². The molecule has 6 rings (SSSR count). The van der Waals surface area contributed by atoms with Gasteiger partial charge in [0, 0.05) is 5.39 Å². The summed E-state index contributed by atoms with van der Waals surface area (Å²) in [6, 6.07) is 7.78. The molecule has 4 aromatic rings. The van der Waals surface area contributed by atoms with Gasteiger partial charge in [-0.1, -0.05) is 166 Å². The zero-order valence-electron chi connectivity index (χ0n) is 27.0. The third-order valence-corrected chi connectivity index (χ3v) is 10.2. The summed E-state index contributed by atoms with van der Waals surface area (Å²) in [5.41, 5.74) is -0.562. The molecule has 1 aliphatic carbocycles. The smallest absolute Gasteiger partial charge is 0.267 e. The van der Waals surface area contributed by atoms with Crippen LogP contribution in [0.2, 0.25) is 40.2 Å². The lowest BCUT2D eigenvalue weighted by Gasteiger charge is -2.17. The van der Waals surface area contributed by atoms with Gasteiger partial charge < -0.3 is 0 Å². The van der Waals surface area contributed by atoms with Crippen molar-refractivity contribution in [1.82, 2.24) is 4.98 Å². The van der Waals surface area contributed by atoms with Crippen molar-refractivity contribution in [1.29, 1.82) is 0 Å². The maximum Gasteiger partial charge on any atom is 0.267 e. The SMILES string of the molecule is CC.CC.CC.CC.O=C1c2c(Cl)c(Cl)c(Cl)c(Cl)c2C(=O)C1c1ccc2cccc(N3C(=O)c4c(Cl)c(Cl)c(Cl)c(Cl)c4C3=O)c2n1. The molecule has 2 aliphatic rings. The van der Waals surface area contributed by atoms with Gasteiger partial charge in [0.25, 0.3) is 11.8 Å². The first-order chi connectivity index (χ1) is 22.9. The Morgan fingerprint density at radius 2 is 0.875 bits per heavy atom. The van der Waals surface area contributed by atoms with Gasteiger partial charge in [-0.15, -0.1) is 0 Å². The number of para-hydroxylation sites is 1. The number of benzene rings is 3. The first kappa shape index (κ1) is 42.0. The Kier molecular flexibility index (Phi) is 15.5. The molecule has 1 aromatic heterocycles. The number of fused-ring (bicyclic) bond motifs is 3. The minimum atomic E-state index is -1.43. The molecule has 6 nitrogen and oxygen atoms in total. The van der Waals surface area contributed by atoms with E-state index < -0.39 is 29.3 Å². The average Bonchev–Trinajstić information content (AvgIpc) is 3.54. The zero-order valence-corrected chi connectivity index (χ0v) is 33.1. The second kappa shape index (κ2) is 17.7. The molecule has 2 amide bonds. The van der Waals surface area contributed by atoms with E-state index >= 15 is 0 Å². The van der Waals surface area contributed by atoms with Gasteiger partial charge in [0.1, 0.15) is 5.92 Å². The summed E-state index contributed by atoms with van der Waals surface area (Å²) in [4.78, 5) is 59.2. The fourth-order valence-electron chi connectivity index (χ4n) is 4.83. The van der Waals surface area contributed by atoms with E-state index in [1.54, 1.807) is 18.2 Å². The van der Waals surface area contributed by atoms with Crippen LogP contribution in [0.3, 0.4) is 0 Å². The second-order valence-electron chi connectivity index (χ2n) is 8.70. The first-order valence-electron chi connectivity index (χ1n) is 15.0. The maximum absolute atomic E-state index is 13.5. The number of carbonyl (C=O) groups is 4. The summed E-state index contributed by atoms with van der Waals surface area (Å²) >= 11 is 49.6. The molecule has 256 valence electrons. The molecule has 48 heavy (non-hydrogen) atoms. The number of hydrogen-bond acceptors (Lipinski definition) is 5. The molecule has 0 radical (unpaired) electrons. The van der Waals surface area contributed by atoms with Gasteiger partial charge in [-0.05, 0) is 12.1 Å². The van der Waals surface area contributed by atoms with Crippen LogP contribution in [0.5, 0.6) is 0 Å². The molecule has 0 unspecified atom stereocenters. The zero-order chi connectivity index (χ0) is 36.9. The molecule has 0 saturated carbocycles. The molecular weight excluding hydrogens is 784 g/mol. The quantitative estimate of drug-likeness (QED) is 0.0871. The monoisotopic (exact) mass is 810 g/mol. The van der Waals surface area contributed by atoms with E-state index in [0.29, 0.717) is 5.39 Å². The van der Waals surface area contributed by atoms with Crippen molar-refractivity contribution in [2.24, 2.45) is 0 Å². The molecular formula is C34H30Cl8N2O4. The summed E-state index contributed by atoms with van der Waals surface area (Å²) < 4.78 is 0. The van der Waals surface area contributed by atoms with E-state index in [-0.39, 0.29) is 79.3 Å². The highest BCUT2D eigenvalue weighted by atomic mass is 35.5. The lowest BCUT2D eigenvalue weighted by atomic mass is 9.98. The first-order valence-corrected chi connectivity index (χ1v) is 18.0. The number of hydrogen-bond donors (Lipinski definition) is 0. The molecule has 0 atom stereocenters. The molecule has 14 heteroatoms. The fraction of sp³-hybridized carbons (Fsp3) is 0.265. The highest BCUT2D eigenvalue weighted by Crippen LogP contribution is 2.49. The van der Waals surface area contributed by atoms with Crippen LogP contribution in [-0.4, -0.2) is 28.4 Å². The Balaban J connectivity index is 0.000000933. The van der Waals surface area contributed by atoms with Crippen LogP contribution in [-0.2, 0) is 0 Å². The highest BCUT2D eigenvalue weighted by Gasteiger charge is 2.46. The molecule has 3 aromatic carbocycles. The van der Waals surface area contributed by atoms with Gasteiger partial charge in [-0.2, -0.15) is 0 Å². The van der Waals surface area contributed by atoms with E-state index in [9.17, 15) is 19.2 Å². The molecule has 0 saturated heterocycles. The molecule has 0 bridgehead atoms. The van der Waals surface area contributed by atoms with Crippen LogP contribution in [0.1, 0.15) is 108 Å². The van der Waals surface area contributed by atoms with E-state index in [0.717, 1.165) is 4.90 Å². The topological polar surface area (TPSA) is 84.4 Å². The third-order valence-electron chi connectivity index (χ3n) is 6.64. The van der Waals surface area contributed by atoms with Crippen LogP contribution in [0.4, 0.5) is 5.69 Å². The fourth-order valence-corrected chi connectivity index (χ4v) is 6.88. The molecule has 1 aliphatic heterocycles. The predicted molar refractivity (Wildman–Crippen MR) is 203 cm³/mol. The molecule has 0 fully saturated rings. The second-order valence-corrected chi connectivity index (χ2v) is 11.7. The number of ketones is 2. The number of amides is 2.